The van der Waals surface area contributed by atoms with E-state index >= 15 is 0 Å². The van der Waals surface area contributed by atoms with E-state index in [9.17, 15) is 18.0 Å². The molecule has 1 aliphatic rings. The van der Waals surface area contributed by atoms with E-state index in [0.29, 0.717) is 17.5 Å². The molecule has 0 aromatic heterocycles. The van der Waals surface area contributed by atoms with Gasteiger partial charge < -0.3 is 10.1 Å². The molecule has 0 aliphatic carbocycles. The monoisotopic (exact) mass is 330 g/mol. The molecular weight excluding hydrogens is 309 g/mol. The average molecular weight is 330 g/mol. The molecule has 1 amide bonds. The fourth-order valence-electron chi connectivity index (χ4n) is 3.06. The Balaban J connectivity index is 1.85. The normalized spacial score (nSPS) is 22.7. The molecule has 23 heavy (non-hydrogen) atoms. The van der Waals surface area contributed by atoms with Crippen molar-refractivity contribution >= 4 is 11.6 Å². The van der Waals surface area contributed by atoms with Gasteiger partial charge in [0.2, 0.25) is 5.91 Å². The van der Waals surface area contributed by atoms with Gasteiger partial charge in [0.05, 0.1) is 6.54 Å². The predicted octanol–water partition coefficient (Wildman–Crippen LogP) is 3.50. The Labute approximate surface area is 133 Å². The first-order valence-corrected chi connectivity index (χ1v) is 7.59. The van der Waals surface area contributed by atoms with Crippen molar-refractivity contribution in [3.8, 4) is 5.75 Å². The van der Waals surface area contributed by atoms with Crippen molar-refractivity contribution < 1.29 is 22.7 Å². The fraction of sp³-hybridized carbons (Fsp3) is 0.562. The highest BCUT2D eigenvalue weighted by Gasteiger charge is 2.31. The number of anilines is 1. The minimum atomic E-state index is -4.72. The molecule has 0 spiro atoms. The zero-order valence-electron chi connectivity index (χ0n) is 13.2. The summed E-state index contributed by atoms with van der Waals surface area (Å²) in [7, 11) is 0. The van der Waals surface area contributed by atoms with Gasteiger partial charge in [-0.25, -0.2) is 0 Å². The van der Waals surface area contributed by atoms with E-state index in [1.807, 2.05) is 0 Å². The summed E-state index contributed by atoms with van der Waals surface area (Å²) in [5, 5.41) is 2.69. The van der Waals surface area contributed by atoms with Crippen LogP contribution in [0, 0.1) is 11.8 Å². The van der Waals surface area contributed by atoms with E-state index in [0.717, 1.165) is 13.1 Å². The summed E-state index contributed by atoms with van der Waals surface area (Å²) in [6.07, 6.45) is -3.55. The molecule has 0 bridgehead atoms. The Kier molecular flexibility index (Phi) is 5.51. The SMILES string of the molecule is C[C@@H]1C[C@H](C)CN(CC(=O)Nc2ccc(OC(F)(F)F)cc2)C1. The Morgan fingerprint density at radius 1 is 1.22 bits per heavy atom. The van der Waals surface area contributed by atoms with Crippen molar-refractivity contribution in [2.45, 2.75) is 26.6 Å². The first kappa shape index (κ1) is 17.6. The van der Waals surface area contributed by atoms with Crippen LogP contribution in [0.1, 0.15) is 20.3 Å². The smallest absolute Gasteiger partial charge is 0.406 e. The second kappa shape index (κ2) is 7.21. The number of ether oxygens (including phenoxy) is 1. The van der Waals surface area contributed by atoms with E-state index in [-0.39, 0.29) is 18.2 Å². The lowest BCUT2D eigenvalue weighted by Gasteiger charge is -2.34. The molecule has 1 aromatic carbocycles. The van der Waals surface area contributed by atoms with Gasteiger partial charge >= 0.3 is 6.36 Å². The summed E-state index contributed by atoms with van der Waals surface area (Å²) in [5.41, 5.74) is 0.447. The second-order valence-electron chi connectivity index (χ2n) is 6.26. The largest absolute Gasteiger partial charge is 0.573 e. The number of carbonyl (C=O) groups excluding carboxylic acids is 1. The molecule has 0 radical (unpaired) electrons. The van der Waals surface area contributed by atoms with E-state index in [1.54, 1.807) is 0 Å². The number of alkyl halides is 3. The van der Waals surface area contributed by atoms with Crippen LogP contribution in [0.15, 0.2) is 24.3 Å². The van der Waals surface area contributed by atoms with Crippen LogP contribution >= 0.6 is 0 Å². The lowest BCUT2D eigenvalue weighted by Crippen LogP contribution is -2.42. The van der Waals surface area contributed by atoms with E-state index in [4.69, 9.17) is 0 Å². The highest BCUT2D eigenvalue weighted by Crippen LogP contribution is 2.24. The molecule has 2 atom stereocenters. The summed E-state index contributed by atoms with van der Waals surface area (Å²) < 4.78 is 40.0. The summed E-state index contributed by atoms with van der Waals surface area (Å²) >= 11 is 0. The summed E-state index contributed by atoms with van der Waals surface area (Å²) in [5.74, 6) is 0.640. The van der Waals surface area contributed by atoms with Crippen LogP contribution in [-0.4, -0.2) is 36.8 Å². The maximum absolute atomic E-state index is 12.1. The molecule has 0 saturated carbocycles. The van der Waals surface area contributed by atoms with Crippen molar-refractivity contribution in [2.24, 2.45) is 11.8 Å². The van der Waals surface area contributed by atoms with Crippen LogP contribution in [-0.2, 0) is 4.79 Å². The van der Waals surface area contributed by atoms with Crippen LogP contribution in [0.4, 0.5) is 18.9 Å². The minimum Gasteiger partial charge on any atom is -0.406 e. The maximum Gasteiger partial charge on any atom is 0.573 e. The van der Waals surface area contributed by atoms with Crippen molar-refractivity contribution in [3.05, 3.63) is 24.3 Å². The molecule has 7 heteroatoms. The number of piperidine rings is 1. The molecule has 1 fully saturated rings. The summed E-state index contributed by atoms with van der Waals surface area (Å²) in [4.78, 5) is 14.2. The third-order valence-electron chi connectivity index (χ3n) is 3.68. The molecule has 4 nitrogen and oxygen atoms in total. The van der Waals surface area contributed by atoms with Crippen molar-refractivity contribution in [1.82, 2.24) is 4.90 Å². The standard InChI is InChI=1S/C16H21F3N2O2/c1-11-7-12(2)9-21(8-11)10-15(22)20-13-3-5-14(6-4-13)23-16(17,18)19/h3-6,11-12H,7-10H2,1-2H3,(H,20,22)/t11-,12+. The second-order valence-corrected chi connectivity index (χ2v) is 6.26. The van der Waals surface area contributed by atoms with E-state index in [1.165, 1.54) is 30.7 Å². The minimum absolute atomic E-state index is 0.171. The van der Waals surface area contributed by atoms with Crippen LogP contribution in [0.3, 0.4) is 0 Å². The van der Waals surface area contributed by atoms with Crippen LogP contribution in [0.5, 0.6) is 5.75 Å². The number of halogens is 3. The molecule has 2 rings (SSSR count). The molecule has 1 aliphatic heterocycles. The van der Waals surface area contributed by atoms with Crippen molar-refractivity contribution in [2.75, 3.05) is 25.0 Å². The van der Waals surface area contributed by atoms with Gasteiger partial charge in [0.1, 0.15) is 5.75 Å². The number of likely N-dealkylation sites (tertiary alicyclic amines) is 1. The summed E-state index contributed by atoms with van der Waals surface area (Å²) in [6.45, 7) is 6.39. The third-order valence-corrected chi connectivity index (χ3v) is 3.68. The van der Waals surface area contributed by atoms with Gasteiger partial charge in [-0.15, -0.1) is 13.2 Å². The van der Waals surface area contributed by atoms with Gasteiger partial charge in [0.25, 0.3) is 0 Å². The predicted molar refractivity (Wildman–Crippen MR) is 81.1 cm³/mol. The quantitative estimate of drug-likeness (QED) is 0.919. The van der Waals surface area contributed by atoms with Gasteiger partial charge in [-0.05, 0) is 42.5 Å². The lowest BCUT2D eigenvalue weighted by atomic mass is 9.92. The number of nitrogens with zero attached hydrogens (tertiary/aromatic N) is 1. The lowest BCUT2D eigenvalue weighted by molar-refractivity contribution is -0.274. The number of hydrogen-bond acceptors (Lipinski definition) is 3. The van der Waals surface area contributed by atoms with Crippen LogP contribution < -0.4 is 10.1 Å². The van der Waals surface area contributed by atoms with Gasteiger partial charge in [0, 0.05) is 18.8 Å². The zero-order valence-corrected chi connectivity index (χ0v) is 13.2. The van der Waals surface area contributed by atoms with Gasteiger partial charge in [-0.1, -0.05) is 13.8 Å². The highest BCUT2D eigenvalue weighted by atomic mass is 19.4. The highest BCUT2D eigenvalue weighted by molar-refractivity contribution is 5.92. The van der Waals surface area contributed by atoms with Gasteiger partial charge in [-0.2, -0.15) is 0 Å². The van der Waals surface area contributed by atoms with Crippen molar-refractivity contribution in [3.63, 3.8) is 0 Å². The molecule has 1 N–H and O–H groups in total. The molecule has 1 heterocycles. The molecular formula is C16H21F3N2O2. The Morgan fingerprint density at radius 2 is 1.78 bits per heavy atom. The Hall–Kier alpha value is -1.76. The number of hydrogen-bond donors (Lipinski definition) is 1. The molecule has 128 valence electrons. The van der Waals surface area contributed by atoms with E-state index < -0.39 is 6.36 Å². The van der Waals surface area contributed by atoms with Crippen LogP contribution in [0.2, 0.25) is 0 Å². The van der Waals surface area contributed by atoms with Gasteiger partial charge in [0.15, 0.2) is 0 Å². The number of carbonyl (C=O) groups is 1. The fourth-order valence-corrected chi connectivity index (χ4v) is 3.06. The average Bonchev–Trinajstić information content (AvgIpc) is 2.38. The van der Waals surface area contributed by atoms with E-state index in [2.05, 4.69) is 28.8 Å². The Morgan fingerprint density at radius 3 is 2.30 bits per heavy atom. The number of amides is 1. The Bertz CT molecular complexity index is 521. The zero-order chi connectivity index (χ0) is 17.0. The first-order valence-electron chi connectivity index (χ1n) is 7.59. The third kappa shape index (κ3) is 6.09. The first-order chi connectivity index (χ1) is 10.7. The topological polar surface area (TPSA) is 41.6 Å². The summed E-state index contributed by atoms with van der Waals surface area (Å²) in [6, 6.07) is 5.13. The van der Waals surface area contributed by atoms with Gasteiger partial charge in [-0.3, -0.25) is 9.69 Å². The van der Waals surface area contributed by atoms with Crippen molar-refractivity contribution in [1.29, 1.82) is 0 Å². The molecule has 0 unspecified atom stereocenters. The number of benzene rings is 1. The molecule has 1 aromatic rings. The number of rotatable bonds is 4. The van der Waals surface area contributed by atoms with Crippen LogP contribution in [0.25, 0.3) is 0 Å². The number of nitrogens with one attached hydrogen (secondary N) is 1. The maximum atomic E-state index is 12.1. The molecule has 1 saturated heterocycles.